The van der Waals surface area contributed by atoms with Crippen LogP contribution in [0.4, 0.5) is 0 Å². The van der Waals surface area contributed by atoms with E-state index in [0.29, 0.717) is 0 Å². The summed E-state index contributed by atoms with van der Waals surface area (Å²) in [6, 6.07) is 0. The van der Waals surface area contributed by atoms with Crippen molar-refractivity contribution in [3.63, 3.8) is 0 Å². The summed E-state index contributed by atoms with van der Waals surface area (Å²) < 4.78 is 12.7. The number of hydrogen-bond acceptors (Lipinski definition) is 2. The predicted octanol–water partition coefficient (Wildman–Crippen LogP) is 2.61. The van der Waals surface area contributed by atoms with Gasteiger partial charge in [0.1, 0.15) is 0 Å². The molecule has 0 aliphatic carbocycles. The minimum absolute atomic E-state index is 1.00. The fourth-order valence-electron chi connectivity index (χ4n) is 1.16. The maximum atomic E-state index is 9.65. The van der Waals surface area contributed by atoms with Crippen LogP contribution in [0.15, 0.2) is 0 Å². The van der Waals surface area contributed by atoms with Gasteiger partial charge in [0.2, 0.25) is 0 Å². The minimum atomic E-state index is -1.33. The van der Waals surface area contributed by atoms with Crippen molar-refractivity contribution in [1.29, 1.82) is 0 Å². The molecule has 1 rings (SSSR count). The van der Waals surface area contributed by atoms with Crippen LogP contribution in [-0.2, 0) is 0 Å². The van der Waals surface area contributed by atoms with Gasteiger partial charge in [0.15, 0.2) is 0 Å². The Morgan fingerprint density at radius 2 is 1.55 bits per heavy atom. The third-order valence-corrected chi connectivity index (χ3v) is 4.53. The van der Waals surface area contributed by atoms with Gasteiger partial charge >= 0.3 is 0 Å². The van der Waals surface area contributed by atoms with Crippen molar-refractivity contribution in [3.8, 4) is 0 Å². The van der Waals surface area contributed by atoms with Crippen LogP contribution >= 0.6 is 10.5 Å². The van der Waals surface area contributed by atoms with E-state index in [2.05, 4.69) is 4.72 Å². The second kappa shape index (κ2) is 5.86. The van der Waals surface area contributed by atoms with Gasteiger partial charge in [-0.05, 0) is 19.9 Å². The van der Waals surface area contributed by atoms with E-state index in [0.717, 1.165) is 11.5 Å². The molecule has 0 atom stereocenters. The van der Waals surface area contributed by atoms with Crippen LogP contribution in [0.25, 0.3) is 0 Å². The van der Waals surface area contributed by atoms with Gasteiger partial charge in [-0.15, -0.1) is 0 Å². The van der Waals surface area contributed by atoms with Gasteiger partial charge in [-0.2, -0.15) is 0 Å². The third-order valence-electron chi connectivity index (χ3n) is 1.84. The van der Waals surface area contributed by atoms with Gasteiger partial charge in [-0.1, -0.05) is 30.8 Å². The fraction of sp³-hybridized carbons (Fsp3) is 1.00. The largest absolute Gasteiger partial charge is 0.338 e. The molecule has 1 heterocycles. The smallest absolute Gasteiger partial charge is 0.0113 e. The second-order valence-corrected chi connectivity index (χ2v) is 5.42. The molecular weight excluding hydrogens is 158 g/mol. The summed E-state index contributed by atoms with van der Waals surface area (Å²) in [7, 11) is 0.534. The highest BCUT2D eigenvalue weighted by Gasteiger charge is 2.20. The highest BCUT2D eigenvalue weighted by atomic mass is 32.3. The first kappa shape index (κ1) is 11.3. The van der Waals surface area contributed by atoms with Gasteiger partial charge in [0, 0.05) is 11.5 Å². The normalized spacial score (nSPS) is 24.7. The molecule has 0 spiro atoms. The van der Waals surface area contributed by atoms with E-state index < -0.39 is 10.5 Å². The molecule has 0 saturated carbocycles. The number of hydrogen-bond donors (Lipinski definition) is 2. The maximum Gasteiger partial charge on any atom is 0.0113 e. The average molecular weight is 179 g/mol. The summed E-state index contributed by atoms with van der Waals surface area (Å²) in [5.41, 5.74) is 0. The molecule has 0 unspecified atom stereocenters. The summed E-state index contributed by atoms with van der Waals surface area (Å²) in [6.45, 7) is 4.00. The van der Waals surface area contributed by atoms with Crippen LogP contribution in [0, 0.1) is 0 Å². The summed E-state index contributed by atoms with van der Waals surface area (Å²) in [5, 5.41) is 0. The van der Waals surface area contributed by atoms with Crippen molar-refractivity contribution in [3.05, 3.63) is 0 Å². The zero-order chi connectivity index (χ0) is 8.74. The second-order valence-electron chi connectivity index (χ2n) is 2.52. The van der Waals surface area contributed by atoms with Crippen molar-refractivity contribution in [2.45, 2.75) is 33.1 Å². The van der Waals surface area contributed by atoms with Crippen molar-refractivity contribution in [2.24, 2.45) is 0 Å². The van der Waals surface area contributed by atoms with Crippen LogP contribution in [0.1, 0.15) is 33.1 Å². The summed E-state index contributed by atoms with van der Waals surface area (Å²) in [6.07, 6.45) is 3.70. The summed E-state index contributed by atoms with van der Waals surface area (Å²) in [5.74, 6) is 2.01. The standard InChI is InChI=1S/C6H15NOS.C2H6/c1-7-9(8)5-3-2-4-6-9;1-2/h7-8H,2-6H2,1H3;1-2H3. The van der Waals surface area contributed by atoms with Crippen LogP contribution in [-0.4, -0.2) is 23.1 Å². The zero-order valence-electron chi connectivity index (χ0n) is 7.89. The quantitative estimate of drug-likeness (QED) is 0.648. The first-order chi connectivity index (χ1) is 5.27. The van der Waals surface area contributed by atoms with Gasteiger partial charge < -0.3 is 4.55 Å². The molecule has 11 heavy (non-hydrogen) atoms. The Morgan fingerprint density at radius 3 is 1.82 bits per heavy atom. The van der Waals surface area contributed by atoms with Crippen molar-refractivity contribution in [2.75, 3.05) is 18.6 Å². The lowest BCUT2D eigenvalue weighted by Crippen LogP contribution is -2.25. The van der Waals surface area contributed by atoms with Crippen molar-refractivity contribution >= 4 is 10.5 Å². The Morgan fingerprint density at radius 1 is 1.09 bits per heavy atom. The SMILES string of the molecule is CC.CNS1(O)CCCCC1. The lowest BCUT2D eigenvalue weighted by molar-refractivity contribution is 0.585. The molecular formula is C8H21NOS. The molecule has 0 aromatic carbocycles. The molecule has 0 amide bonds. The lowest BCUT2D eigenvalue weighted by atomic mass is 10.3. The lowest BCUT2D eigenvalue weighted by Gasteiger charge is -2.36. The van der Waals surface area contributed by atoms with Crippen LogP contribution in [0.3, 0.4) is 0 Å². The van der Waals surface area contributed by atoms with Crippen molar-refractivity contribution in [1.82, 2.24) is 4.72 Å². The molecule has 0 aromatic heterocycles. The topological polar surface area (TPSA) is 32.3 Å². The van der Waals surface area contributed by atoms with E-state index >= 15 is 0 Å². The zero-order valence-corrected chi connectivity index (χ0v) is 8.71. The Kier molecular flexibility index (Phi) is 6.01. The molecule has 1 saturated heterocycles. The van der Waals surface area contributed by atoms with Crippen LogP contribution in [0.5, 0.6) is 0 Å². The molecule has 0 aromatic rings. The average Bonchev–Trinajstić information content (AvgIpc) is 2.10. The van der Waals surface area contributed by atoms with E-state index in [1.165, 1.54) is 19.3 Å². The third kappa shape index (κ3) is 3.99. The molecule has 2 nitrogen and oxygen atoms in total. The number of rotatable bonds is 1. The molecule has 1 fully saturated rings. The Labute approximate surface area is 72.0 Å². The Bertz CT molecular complexity index is 92.1. The minimum Gasteiger partial charge on any atom is -0.338 e. The van der Waals surface area contributed by atoms with Gasteiger partial charge in [-0.3, -0.25) is 4.72 Å². The monoisotopic (exact) mass is 179 g/mol. The van der Waals surface area contributed by atoms with Gasteiger partial charge in [0.05, 0.1) is 0 Å². The Balaban J connectivity index is 0.000000461. The molecule has 70 valence electrons. The van der Waals surface area contributed by atoms with Gasteiger partial charge in [-0.25, -0.2) is 0 Å². The summed E-state index contributed by atoms with van der Waals surface area (Å²) in [4.78, 5) is 0. The number of nitrogens with one attached hydrogen (secondary N) is 1. The summed E-state index contributed by atoms with van der Waals surface area (Å²) >= 11 is 0. The first-order valence-corrected chi connectivity index (χ1v) is 6.39. The fourth-order valence-corrected chi connectivity index (χ4v) is 3.14. The van der Waals surface area contributed by atoms with E-state index in [9.17, 15) is 4.55 Å². The van der Waals surface area contributed by atoms with E-state index in [1.807, 2.05) is 20.9 Å². The predicted molar refractivity (Wildman–Crippen MR) is 54.2 cm³/mol. The molecule has 0 radical (unpaired) electrons. The van der Waals surface area contributed by atoms with E-state index in [1.54, 1.807) is 0 Å². The van der Waals surface area contributed by atoms with Crippen molar-refractivity contribution < 1.29 is 4.55 Å². The van der Waals surface area contributed by atoms with Crippen LogP contribution < -0.4 is 4.72 Å². The molecule has 2 N–H and O–H groups in total. The first-order valence-electron chi connectivity index (χ1n) is 4.46. The van der Waals surface area contributed by atoms with E-state index in [4.69, 9.17) is 0 Å². The molecule has 0 bridgehead atoms. The Hall–Kier alpha value is 0.270. The maximum absolute atomic E-state index is 9.65. The van der Waals surface area contributed by atoms with Crippen LogP contribution in [0.2, 0.25) is 0 Å². The van der Waals surface area contributed by atoms with E-state index in [-0.39, 0.29) is 0 Å². The van der Waals surface area contributed by atoms with Gasteiger partial charge in [0.25, 0.3) is 0 Å². The molecule has 3 heteroatoms. The molecule has 1 aliphatic rings. The molecule has 1 aliphatic heterocycles. The highest BCUT2D eigenvalue weighted by Crippen LogP contribution is 2.43. The highest BCUT2D eigenvalue weighted by molar-refractivity contribution is 8.27.